The number of carbonyl (C=O) groups is 1. The van der Waals surface area contributed by atoms with Gasteiger partial charge in [-0.25, -0.2) is 9.37 Å². The summed E-state index contributed by atoms with van der Waals surface area (Å²) in [6, 6.07) is 8.40. The maximum Gasteiger partial charge on any atom is 0.188 e. The summed E-state index contributed by atoms with van der Waals surface area (Å²) in [5.41, 5.74) is 1.40. The largest absolute Gasteiger partial charge is 0.361 e. The van der Waals surface area contributed by atoms with Crippen LogP contribution < -0.4 is 0 Å². The summed E-state index contributed by atoms with van der Waals surface area (Å²) < 4.78 is 19.0. The molecule has 25 heavy (non-hydrogen) atoms. The normalized spacial score (nSPS) is 11.7. The number of benzene rings is 1. The Bertz CT molecular complexity index is 893. The summed E-state index contributed by atoms with van der Waals surface area (Å²) >= 11 is 1.36. The molecule has 2 aromatic heterocycles. The van der Waals surface area contributed by atoms with Crippen molar-refractivity contribution < 1.29 is 13.7 Å². The van der Waals surface area contributed by atoms with Crippen LogP contribution in [0.2, 0.25) is 0 Å². The van der Waals surface area contributed by atoms with Crippen LogP contribution in [-0.4, -0.2) is 15.9 Å². The van der Waals surface area contributed by atoms with Crippen LogP contribution in [0.5, 0.6) is 0 Å². The predicted molar refractivity (Wildman–Crippen MR) is 94.6 cm³/mol. The molecule has 0 fully saturated rings. The fourth-order valence-electron chi connectivity index (χ4n) is 2.33. The zero-order valence-electron chi connectivity index (χ0n) is 14.4. The van der Waals surface area contributed by atoms with Crippen LogP contribution >= 0.6 is 11.3 Å². The topological polar surface area (TPSA) is 56.0 Å². The van der Waals surface area contributed by atoms with E-state index in [-0.39, 0.29) is 23.4 Å². The Hall–Kier alpha value is -2.34. The van der Waals surface area contributed by atoms with E-state index >= 15 is 0 Å². The molecule has 0 saturated heterocycles. The van der Waals surface area contributed by atoms with E-state index in [9.17, 15) is 9.18 Å². The second kappa shape index (κ2) is 6.88. The second-order valence-corrected chi connectivity index (χ2v) is 7.87. The number of rotatable bonds is 5. The van der Waals surface area contributed by atoms with Gasteiger partial charge in [-0.15, -0.1) is 11.3 Å². The van der Waals surface area contributed by atoms with Crippen LogP contribution in [0.4, 0.5) is 4.39 Å². The van der Waals surface area contributed by atoms with Crippen molar-refractivity contribution >= 4 is 17.1 Å². The smallest absolute Gasteiger partial charge is 0.188 e. The van der Waals surface area contributed by atoms with Crippen LogP contribution in [0.25, 0.3) is 0 Å². The van der Waals surface area contributed by atoms with Crippen LogP contribution in [-0.2, 0) is 18.3 Å². The highest BCUT2D eigenvalue weighted by atomic mass is 32.1. The van der Waals surface area contributed by atoms with Gasteiger partial charge >= 0.3 is 0 Å². The summed E-state index contributed by atoms with van der Waals surface area (Å²) in [6.07, 6.45) is 0.519. The van der Waals surface area contributed by atoms with E-state index in [1.807, 2.05) is 26.8 Å². The average Bonchev–Trinajstić information content (AvgIpc) is 3.18. The van der Waals surface area contributed by atoms with Crippen molar-refractivity contribution in [1.82, 2.24) is 10.1 Å². The first-order valence-corrected chi connectivity index (χ1v) is 8.88. The van der Waals surface area contributed by atoms with Gasteiger partial charge in [0.25, 0.3) is 0 Å². The lowest BCUT2D eigenvalue weighted by Gasteiger charge is -2.12. The molecule has 6 heteroatoms. The molecule has 1 aromatic carbocycles. The quantitative estimate of drug-likeness (QED) is 0.626. The molecular weight excluding hydrogens is 339 g/mol. The lowest BCUT2D eigenvalue weighted by molar-refractivity contribution is 0.0986. The number of ketones is 1. The molecule has 0 spiro atoms. The summed E-state index contributed by atoms with van der Waals surface area (Å²) in [5, 5.41) is 6.39. The highest BCUT2D eigenvalue weighted by molar-refractivity contribution is 7.09. The molecule has 3 aromatic rings. The van der Waals surface area contributed by atoms with E-state index < -0.39 is 0 Å². The molecule has 0 aliphatic carbocycles. The molecule has 130 valence electrons. The van der Waals surface area contributed by atoms with E-state index in [2.05, 4.69) is 10.1 Å². The van der Waals surface area contributed by atoms with Crippen LogP contribution in [0, 0.1) is 5.82 Å². The maximum absolute atomic E-state index is 13.7. The minimum Gasteiger partial charge on any atom is -0.361 e. The van der Waals surface area contributed by atoms with Gasteiger partial charge in [-0.05, 0) is 11.6 Å². The van der Waals surface area contributed by atoms with Gasteiger partial charge in [0.2, 0.25) is 0 Å². The van der Waals surface area contributed by atoms with Crippen LogP contribution in [0.15, 0.2) is 40.2 Å². The van der Waals surface area contributed by atoms with Crippen molar-refractivity contribution in [3.8, 4) is 0 Å². The minimum atomic E-state index is -0.261. The van der Waals surface area contributed by atoms with Gasteiger partial charge in [-0.2, -0.15) is 0 Å². The van der Waals surface area contributed by atoms with E-state index in [1.165, 1.54) is 17.4 Å². The fourth-order valence-corrected chi connectivity index (χ4v) is 3.15. The summed E-state index contributed by atoms with van der Waals surface area (Å²) in [6.45, 7) is 6.07. The highest BCUT2D eigenvalue weighted by Gasteiger charge is 2.21. The van der Waals surface area contributed by atoms with E-state index in [0.29, 0.717) is 28.4 Å². The van der Waals surface area contributed by atoms with Crippen LogP contribution in [0.1, 0.15) is 53.3 Å². The molecule has 0 saturated carbocycles. The third kappa shape index (κ3) is 4.20. The van der Waals surface area contributed by atoms with Crippen molar-refractivity contribution in [1.29, 1.82) is 0 Å². The molecule has 0 aliphatic heterocycles. The number of hydrogen-bond acceptors (Lipinski definition) is 5. The number of hydrogen-bond donors (Lipinski definition) is 0. The molecule has 3 rings (SSSR count). The fraction of sp³-hybridized carbons (Fsp3) is 0.316. The Morgan fingerprint density at radius 1 is 1.28 bits per heavy atom. The lowest BCUT2D eigenvalue weighted by atomic mass is 9.93. The first-order chi connectivity index (χ1) is 11.8. The first kappa shape index (κ1) is 17.5. The zero-order valence-corrected chi connectivity index (χ0v) is 15.2. The number of carbonyl (C=O) groups excluding carboxylic acids is 1. The molecule has 0 aliphatic rings. The number of aromatic nitrogens is 2. The Balaban J connectivity index is 1.68. The third-order valence-corrected chi connectivity index (χ3v) is 4.63. The van der Waals surface area contributed by atoms with Gasteiger partial charge in [0, 0.05) is 23.3 Å². The highest BCUT2D eigenvalue weighted by Crippen LogP contribution is 2.23. The van der Waals surface area contributed by atoms with Crippen LogP contribution in [0.3, 0.4) is 0 Å². The molecule has 2 heterocycles. The number of nitrogens with zero attached hydrogens (tertiary/aromatic N) is 2. The summed E-state index contributed by atoms with van der Waals surface area (Å²) in [5.74, 6) is 0.362. The van der Waals surface area contributed by atoms with E-state index in [1.54, 1.807) is 23.6 Å². The Morgan fingerprint density at radius 3 is 2.72 bits per heavy atom. The van der Waals surface area contributed by atoms with Gasteiger partial charge in [0.15, 0.2) is 5.78 Å². The van der Waals surface area contributed by atoms with Gasteiger partial charge < -0.3 is 4.52 Å². The van der Waals surface area contributed by atoms with Crippen molar-refractivity contribution in [3.05, 3.63) is 69.2 Å². The van der Waals surface area contributed by atoms with Crippen molar-refractivity contribution in [3.63, 3.8) is 0 Å². The van der Waals surface area contributed by atoms with Gasteiger partial charge in [0.1, 0.15) is 17.3 Å². The molecule has 0 amide bonds. The minimum absolute atomic E-state index is 0.121. The molecule has 0 N–H and O–H groups in total. The SMILES string of the molecule is CC(C)(C)c1cc(CC(=O)c2csc(Cc3ccccc3F)n2)no1. The molecule has 0 unspecified atom stereocenters. The van der Waals surface area contributed by atoms with Gasteiger partial charge in [-0.1, -0.05) is 44.1 Å². The third-order valence-electron chi connectivity index (χ3n) is 3.78. The summed E-state index contributed by atoms with van der Waals surface area (Å²) in [4.78, 5) is 16.7. The van der Waals surface area contributed by atoms with Crippen molar-refractivity contribution in [2.75, 3.05) is 0 Å². The Morgan fingerprint density at radius 2 is 2.04 bits per heavy atom. The zero-order chi connectivity index (χ0) is 18.0. The second-order valence-electron chi connectivity index (χ2n) is 6.93. The number of halogens is 1. The predicted octanol–water partition coefficient (Wildman–Crippen LogP) is 4.58. The number of thiazole rings is 1. The van der Waals surface area contributed by atoms with E-state index in [0.717, 1.165) is 5.76 Å². The van der Waals surface area contributed by atoms with Gasteiger partial charge in [-0.3, -0.25) is 4.79 Å². The van der Waals surface area contributed by atoms with Crippen molar-refractivity contribution in [2.24, 2.45) is 0 Å². The Kier molecular flexibility index (Phi) is 4.81. The first-order valence-electron chi connectivity index (χ1n) is 8.00. The Labute approximate surface area is 149 Å². The average molecular weight is 358 g/mol. The molecule has 0 bridgehead atoms. The maximum atomic E-state index is 13.7. The molecule has 0 atom stereocenters. The molecule has 4 nitrogen and oxygen atoms in total. The van der Waals surface area contributed by atoms with Crippen molar-refractivity contribution in [2.45, 2.75) is 39.0 Å². The summed E-state index contributed by atoms with van der Waals surface area (Å²) in [7, 11) is 0. The number of Topliss-reactive ketones (excluding diaryl/α,β-unsaturated/α-hetero) is 1. The van der Waals surface area contributed by atoms with E-state index in [4.69, 9.17) is 4.52 Å². The van der Waals surface area contributed by atoms with Gasteiger partial charge in [0.05, 0.1) is 17.1 Å². The monoisotopic (exact) mass is 358 g/mol. The molecular formula is C19H19FN2O2S. The standard InChI is InChI=1S/C19H19FN2O2S/c1-19(2,3)17-10-13(22-24-17)9-16(23)15-11-25-18(21-15)8-12-6-4-5-7-14(12)20/h4-7,10-11H,8-9H2,1-3H3. The lowest BCUT2D eigenvalue weighted by Crippen LogP contribution is -2.09. The molecule has 0 radical (unpaired) electrons.